The first-order valence-corrected chi connectivity index (χ1v) is 5.59. The largest absolute Gasteiger partial charge is 0.394 e. The lowest BCUT2D eigenvalue weighted by atomic mass is 10.4. The molecule has 1 amide bonds. The Kier molecular flexibility index (Phi) is 2.79. The molecule has 0 aromatic carbocycles. The van der Waals surface area contributed by atoms with Gasteiger partial charge in [0.1, 0.15) is 0 Å². The number of nitrogens with two attached hydrogens (primary N) is 1. The van der Waals surface area contributed by atoms with E-state index in [1.807, 2.05) is 0 Å². The van der Waals surface area contributed by atoms with Crippen molar-refractivity contribution in [2.45, 2.75) is 11.2 Å². The Labute approximate surface area is 99.8 Å². The number of hydrogen-bond acceptors (Lipinski definition) is 4. The predicted octanol–water partition coefficient (Wildman–Crippen LogP) is 1.21. The molecule has 1 atom stereocenters. The number of carbonyl (C=O) groups excluding carboxylic acids is 1. The van der Waals surface area contributed by atoms with Crippen LogP contribution in [-0.4, -0.2) is 27.2 Å². The zero-order chi connectivity index (χ0) is 11.0. The van der Waals surface area contributed by atoms with Crippen LogP contribution in [0.15, 0.2) is 6.20 Å². The number of nitrogens with zero attached hydrogens (tertiary/aromatic N) is 3. The molecule has 1 aliphatic rings. The average Bonchev–Trinajstić information content (AvgIpc) is 2.50. The van der Waals surface area contributed by atoms with Gasteiger partial charge in [-0.3, -0.25) is 9.69 Å². The molecule has 0 spiro atoms. The van der Waals surface area contributed by atoms with Crippen LogP contribution in [0.3, 0.4) is 0 Å². The van der Waals surface area contributed by atoms with E-state index < -0.39 is 0 Å². The summed E-state index contributed by atoms with van der Waals surface area (Å²) in [5.74, 6) is 0.375. The number of alkyl halides is 1. The van der Waals surface area contributed by atoms with Crippen molar-refractivity contribution in [1.29, 1.82) is 0 Å². The summed E-state index contributed by atoms with van der Waals surface area (Å²) in [6.07, 6.45) is 1.85. The zero-order valence-corrected chi connectivity index (χ0v) is 9.99. The molecule has 1 aromatic heterocycles. The minimum Gasteiger partial charge on any atom is -0.394 e. The highest BCUT2D eigenvalue weighted by molar-refractivity contribution is 9.09. The van der Waals surface area contributed by atoms with Crippen LogP contribution in [0.4, 0.5) is 11.5 Å². The van der Waals surface area contributed by atoms with Gasteiger partial charge in [-0.15, -0.1) is 0 Å². The normalized spacial score (nSPS) is 21.1. The summed E-state index contributed by atoms with van der Waals surface area (Å²) in [6, 6.07) is 0. The van der Waals surface area contributed by atoms with E-state index in [0.29, 0.717) is 24.5 Å². The molecule has 0 bridgehead atoms. The number of carbonyl (C=O) groups is 1. The fraction of sp³-hybridized carbons (Fsp3) is 0.375. The number of halogens is 2. The first kappa shape index (κ1) is 10.6. The van der Waals surface area contributed by atoms with Gasteiger partial charge in [-0.25, -0.2) is 4.98 Å². The van der Waals surface area contributed by atoms with Crippen molar-refractivity contribution in [2.75, 3.05) is 17.2 Å². The summed E-state index contributed by atoms with van der Waals surface area (Å²) in [5.41, 5.74) is 6.04. The molecular formula is C8H8BrClN4O. The Balaban J connectivity index is 2.37. The van der Waals surface area contributed by atoms with Crippen molar-refractivity contribution < 1.29 is 4.79 Å². The first-order chi connectivity index (χ1) is 7.08. The van der Waals surface area contributed by atoms with Crippen molar-refractivity contribution in [3.63, 3.8) is 0 Å². The topological polar surface area (TPSA) is 72.1 Å². The molecule has 5 nitrogen and oxygen atoms in total. The van der Waals surface area contributed by atoms with Gasteiger partial charge in [0.2, 0.25) is 11.2 Å². The molecule has 0 radical (unpaired) electrons. The van der Waals surface area contributed by atoms with E-state index in [4.69, 9.17) is 17.3 Å². The Morgan fingerprint density at radius 2 is 2.40 bits per heavy atom. The van der Waals surface area contributed by atoms with Crippen molar-refractivity contribution in [3.8, 4) is 0 Å². The van der Waals surface area contributed by atoms with Gasteiger partial charge in [-0.05, 0) is 11.6 Å². The van der Waals surface area contributed by atoms with Crippen molar-refractivity contribution in [3.05, 3.63) is 11.5 Å². The highest BCUT2D eigenvalue weighted by atomic mass is 79.9. The van der Waals surface area contributed by atoms with Crippen molar-refractivity contribution >= 4 is 44.9 Å². The van der Waals surface area contributed by atoms with E-state index in [9.17, 15) is 4.79 Å². The van der Waals surface area contributed by atoms with Crippen LogP contribution < -0.4 is 10.6 Å². The van der Waals surface area contributed by atoms with Crippen LogP contribution in [0.25, 0.3) is 0 Å². The maximum atomic E-state index is 11.6. The Bertz CT molecular complexity index is 414. The molecule has 2 rings (SSSR count). The third-order valence-electron chi connectivity index (χ3n) is 2.10. The van der Waals surface area contributed by atoms with Gasteiger partial charge in [-0.2, -0.15) is 4.98 Å². The molecule has 2 N–H and O–H groups in total. The molecule has 1 aliphatic heterocycles. The second-order valence-corrected chi connectivity index (χ2v) is 4.86. The monoisotopic (exact) mass is 290 g/mol. The molecule has 15 heavy (non-hydrogen) atoms. The van der Waals surface area contributed by atoms with E-state index in [1.165, 1.54) is 11.1 Å². The standard InChI is InChI=1S/C8H8BrClN4O/c9-4-1-6(15)14(3-4)7-5(11)2-12-8(10)13-7/h2,4H,1,3,11H2. The number of amides is 1. The number of rotatable bonds is 1. The molecule has 1 unspecified atom stereocenters. The molecule has 1 aromatic rings. The lowest BCUT2D eigenvalue weighted by Crippen LogP contribution is -2.26. The number of anilines is 2. The molecule has 1 fully saturated rings. The second-order valence-electron chi connectivity index (χ2n) is 3.22. The minimum atomic E-state index is -0.0154. The van der Waals surface area contributed by atoms with Crippen LogP contribution in [-0.2, 0) is 4.79 Å². The van der Waals surface area contributed by atoms with Gasteiger partial charge in [0.05, 0.1) is 11.9 Å². The summed E-state index contributed by atoms with van der Waals surface area (Å²) < 4.78 is 0. The van der Waals surface area contributed by atoms with E-state index in [0.717, 1.165) is 0 Å². The van der Waals surface area contributed by atoms with Gasteiger partial charge >= 0.3 is 0 Å². The molecular weight excluding hydrogens is 283 g/mol. The van der Waals surface area contributed by atoms with Crippen molar-refractivity contribution in [1.82, 2.24) is 9.97 Å². The summed E-state index contributed by atoms with van der Waals surface area (Å²) in [5, 5.41) is 0.0880. The van der Waals surface area contributed by atoms with Crippen LogP contribution in [0.5, 0.6) is 0 Å². The summed E-state index contributed by atoms with van der Waals surface area (Å²) >= 11 is 9.03. The molecule has 0 saturated carbocycles. The van der Waals surface area contributed by atoms with Gasteiger partial charge in [-0.1, -0.05) is 15.9 Å². The van der Waals surface area contributed by atoms with Crippen LogP contribution in [0, 0.1) is 0 Å². The maximum Gasteiger partial charge on any atom is 0.229 e. The average molecular weight is 292 g/mol. The molecule has 7 heteroatoms. The quantitative estimate of drug-likeness (QED) is 0.623. The fourth-order valence-corrected chi connectivity index (χ4v) is 2.14. The Morgan fingerprint density at radius 3 is 3.00 bits per heavy atom. The van der Waals surface area contributed by atoms with E-state index >= 15 is 0 Å². The van der Waals surface area contributed by atoms with Gasteiger partial charge in [0, 0.05) is 17.8 Å². The number of aromatic nitrogens is 2. The van der Waals surface area contributed by atoms with Gasteiger partial charge in [0.15, 0.2) is 5.82 Å². The third-order valence-corrected chi connectivity index (χ3v) is 2.90. The van der Waals surface area contributed by atoms with E-state index in [1.54, 1.807) is 0 Å². The minimum absolute atomic E-state index is 0.0154. The molecule has 1 saturated heterocycles. The van der Waals surface area contributed by atoms with Gasteiger partial charge in [0.25, 0.3) is 0 Å². The highest BCUT2D eigenvalue weighted by Gasteiger charge is 2.31. The van der Waals surface area contributed by atoms with Crippen LogP contribution >= 0.6 is 27.5 Å². The van der Waals surface area contributed by atoms with Crippen LogP contribution in [0.1, 0.15) is 6.42 Å². The predicted molar refractivity (Wildman–Crippen MR) is 61.1 cm³/mol. The second kappa shape index (κ2) is 3.94. The SMILES string of the molecule is Nc1cnc(Cl)nc1N1CC(Br)CC1=O. The van der Waals surface area contributed by atoms with Gasteiger partial charge < -0.3 is 5.73 Å². The van der Waals surface area contributed by atoms with E-state index in [2.05, 4.69) is 25.9 Å². The lowest BCUT2D eigenvalue weighted by molar-refractivity contribution is -0.117. The summed E-state index contributed by atoms with van der Waals surface area (Å²) in [7, 11) is 0. The van der Waals surface area contributed by atoms with E-state index in [-0.39, 0.29) is 16.0 Å². The number of nitrogen functional groups attached to an aromatic ring is 1. The summed E-state index contributed by atoms with van der Waals surface area (Å²) in [4.78, 5) is 20.9. The molecule has 2 heterocycles. The third kappa shape index (κ3) is 2.05. The van der Waals surface area contributed by atoms with Crippen LogP contribution in [0.2, 0.25) is 5.28 Å². The van der Waals surface area contributed by atoms with Crippen molar-refractivity contribution in [2.24, 2.45) is 0 Å². The zero-order valence-electron chi connectivity index (χ0n) is 7.65. The number of hydrogen-bond donors (Lipinski definition) is 1. The molecule has 0 aliphatic carbocycles. The maximum absolute atomic E-state index is 11.6. The summed E-state index contributed by atoms with van der Waals surface area (Å²) in [6.45, 7) is 0.552. The lowest BCUT2D eigenvalue weighted by Gasteiger charge is -2.16. The smallest absolute Gasteiger partial charge is 0.229 e. The highest BCUT2D eigenvalue weighted by Crippen LogP contribution is 2.28. The Hall–Kier alpha value is -0.880. The first-order valence-electron chi connectivity index (χ1n) is 4.30. The fourth-order valence-electron chi connectivity index (χ4n) is 1.45. The Morgan fingerprint density at radius 1 is 1.67 bits per heavy atom. The molecule has 80 valence electrons.